The van der Waals surface area contributed by atoms with Crippen molar-refractivity contribution in [2.24, 2.45) is 5.73 Å². The van der Waals surface area contributed by atoms with Crippen LogP contribution in [0.25, 0.3) is 0 Å². The molecule has 0 heterocycles. The highest BCUT2D eigenvalue weighted by atomic mass is 79.9. The van der Waals surface area contributed by atoms with Crippen LogP contribution in [-0.2, 0) is 13.1 Å². The molecule has 0 atom stereocenters. The number of benzene rings is 2. The minimum atomic E-state index is -0.218. The van der Waals surface area contributed by atoms with Gasteiger partial charge in [-0.25, -0.2) is 4.39 Å². The van der Waals surface area contributed by atoms with E-state index in [1.807, 2.05) is 36.2 Å². The molecule has 0 aliphatic rings. The van der Waals surface area contributed by atoms with Crippen molar-refractivity contribution in [3.05, 3.63) is 63.9 Å². The molecule has 0 aliphatic carbocycles. The maximum absolute atomic E-state index is 13.8. The van der Waals surface area contributed by atoms with Gasteiger partial charge in [-0.15, -0.1) is 0 Å². The van der Waals surface area contributed by atoms with Crippen LogP contribution in [0, 0.1) is 5.82 Å². The summed E-state index contributed by atoms with van der Waals surface area (Å²) in [6, 6.07) is 13.0. The van der Waals surface area contributed by atoms with Gasteiger partial charge < -0.3 is 10.6 Å². The largest absolute Gasteiger partial charge is 0.368 e. The van der Waals surface area contributed by atoms with Crippen LogP contribution in [-0.4, -0.2) is 7.05 Å². The SMILES string of the molecule is CN(Cc1ccc(CN)cc1)c1cc(Br)ccc1F. The first-order valence-corrected chi connectivity index (χ1v) is 6.83. The highest BCUT2D eigenvalue weighted by Crippen LogP contribution is 2.24. The Kier molecular flexibility index (Phi) is 4.56. The summed E-state index contributed by atoms with van der Waals surface area (Å²) < 4.78 is 14.6. The van der Waals surface area contributed by atoms with E-state index < -0.39 is 0 Å². The predicted molar refractivity (Wildman–Crippen MR) is 80.5 cm³/mol. The number of nitrogens with two attached hydrogens (primary N) is 1. The minimum absolute atomic E-state index is 0.218. The van der Waals surface area contributed by atoms with Gasteiger partial charge >= 0.3 is 0 Å². The summed E-state index contributed by atoms with van der Waals surface area (Å²) in [5.41, 5.74) is 8.37. The molecule has 0 spiro atoms. The number of halogens is 2. The van der Waals surface area contributed by atoms with Crippen molar-refractivity contribution in [3.63, 3.8) is 0 Å². The average molecular weight is 323 g/mol. The molecule has 2 N–H and O–H groups in total. The molecular formula is C15H16BrFN2. The molecule has 0 aliphatic heterocycles. The van der Waals surface area contributed by atoms with Crippen LogP contribution in [0.4, 0.5) is 10.1 Å². The zero-order valence-electron chi connectivity index (χ0n) is 10.7. The van der Waals surface area contributed by atoms with Gasteiger partial charge in [0.1, 0.15) is 5.82 Å². The highest BCUT2D eigenvalue weighted by molar-refractivity contribution is 9.10. The Hall–Kier alpha value is -1.39. The molecule has 0 radical (unpaired) electrons. The number of hydrogen-bond donors (Lipinski definition) is 1. The van der Waals surface area contributed by atoms with Gasteiger partial charge in [-0.1, -0.05) is 40.2 Å². The molecule has 0 unspecified atom stereocenters. The lowest BCUT2D eigenvalue weighted by atomic mass is 10.1. The second-order valence-electron chi connectivity index (χ2n) is 4.47. The van der Waals surface area contributed by atoms with Crippen molar-refractivity contribution >= 4 is 21.6 Å². The molecule has 0 saturated carbocycles. The molecule has 0 aromatic heterocycles. The average Bonchev–Trinajstić information content (AvgIpc) is 2.42. The summed E-state index contributed by atoms with van der Waals surface area (Å²) in [7, 11) is 1.88. The standard InChI is InChI=1S/C15H16BrFN2/c1-19(15-8-13(16)6-7-14(15)17)10-12-4-2-11(9-18)3-5-12/h2-8H,9-10,18H2,1H3. The van der Waals surface area contributed by atoms with E-state index in [2.05, 4.69) is 15.9 Å². The van der Waals surface area contributed by atoms with E-state index in [1.165, 1.54) is 6.07 Å². The number of anilines is 1. The normalized spacial score (nSPS) is 10.5. The molecule has 4 heteroatoms. The van der Waals surface area contributed by atoms with Crippen LogP contribution >= 0.6 is 15.9 Å². The lowest BCUT2D eigenvalue weighted by molar-refractivity contribution is 0.622. The lowest BCUT2D eigenvalue weighted by Crippen LogP contribution is -2.17. The van der Waals surface area contributed by atoms with Crippen LogP contribution in [0.15, 0.2) is 46.9 Å². The molecule has 2 aromatic rings. The highest BCUT2D eigenvalue weighted by Gasteiger charge is 2.08. The van der Waals surface area contributed by atoms with E-state index in [0.29, 0.717) is 18.8 Å². The fourth-order valence-corrected chi connectivity index (χ4v) is 2.27. The Bertz CT molecular complexity index is 555. The van der Waals surface area contributed by atoms with E-state index in [9.17, 15) is 4.39 Å². The van der Waals surface area contributed by atoms with Crippen molar-refractivity contribution in [2.75, 3.05) is 11.9 Å². The third kappa shape index (κ3) is 3.55. The molecule has 0 bridgehead atoms. The first-order chi connectivity index (χ1) is 9.10. The van der Waals surface area contributed by atoms with Crippen LogP contribution in [0.5, 0.6) is 0 Å². The Morgan fingerprint density at radius 2 is 1.74 bits per heavy atom. The van der Waals surface area contributed by atoms with Gasteiger partial charge in [0.25, 0.3) is 0 Å². The molecule has 2 aromatic carbocycles. The number of nitrogens with zero attached hydrogens (tertiary/aromatic N) is 1. The monoisotopic (exact) mass is 322 g/mol. The summed E-state index contributed by atoms with van der Waals surface area (Å²) in [6.07, 6.45) is 0. The van der Waals surface area contributed by atoms with Gasteiger partial charge in [0, 0.05) is 24.6 Å². The zero-order valence-corrected chi connectivity index (χ0v) is 12.3. The third-order valence-electron chi connectivity index (χ3n) is 3.00. The van der Waals surface area contributed by atoms with E-state index in [0.717, 1.165) is 15.6 Å². The van der Waals surface area contributed by atoms with Crippen LogP contribution < -0.4 is 10.6 Å². The van der Waals surface area contributed by atoms with Crippen molar-refractivity contribution in [1.82, 2.24) is 0 Å². The van der Waals surface area contributed by atoms with E-state index >= 15 is 0 Å². The summed E-state index contributed by atoms with van der Waals surface area (Å²) in [6.45, 7) is 1.19. The van der Waals surface area contributed by atoms with Gasteiger partial charge in [-0.3, -0.25) is 0 Å². The molecule has 0 saturated heterocycles. The molecule has 0 fully saturated rings. The van der Waals surface area contributed by atoms with Crippen molar-refractivity contribution in [3.8, 4) is 0 Å². The fraction of sp³-hybridized carbons (Fsp3) is 0.200. The van der Waals surface area contributed by atoms with Crippen molar-refractivity contribution in [2.45, 2.75) is 13.1 Å². The second-order valence-corrected chi connectivity index (χ2v) is 5.39. The zero-order chi connectivity index (χ0) is 13.8. The van der Waals surface area contributed by atoms with Gasteiger partial charge in [0.15, 0.2) is 0 Å². The fourth-order valence-electron chi connectivity index (χ4n) is 1.92. The summed E-state index contributed by atoms with van der Waals surface area (Å²) in [5.74, 6) is -0.218. The Morgan fingerprint density at radius 3 is 2.37 bits per heavy atom. The van der Waals surface area contributed by atoms with Crippen LogP contribution in [0.2, 0.25) is 0 Å². The van der Waals surface area contributed by atoms with Gasteiger partial charge in [-0.2, -0.15) is 0 Å². The molecular weight excluding hydrogens is 307 g/mol. The van der Waals surface area contributed by atoms with E-state index in [1.54, 1.807) is 12.1 Å². The first kappa shape index (κ1) is 14.0. The molecule has 2 nitrogen and oxygen atoms in total. The van der Waals surface area contributed by atoms with Gasteiger partial charge in [-0.05, 0) is 29.3 Å². The first-order valence-electron chi connectivity index (χ1n) is 6.04. The second kappa shape index (κ2) is 6.17. The molecule has 19 heavy (non-hydrogen) atoms. The maximum Gasteiger partial charge on any atom is 0.146 e. The molecule has 100 valence electrons. The van der Waals surface area contributed by atoms with E-state index in [4.69, 9.17) is 5.73 Å². The third-order valence-corrected chi connectivity index (χ3v) is 3.49. The van der Waals surface area contributed by atoms with Gasteiger partial charge in [0.2, 0.25) is 0 Å². The lowest BCUT2D eigenvalue weighted by Gasteiger charge is -2.20. The van der Waals surface area contributed by atoms with Crippen molar-refractivity contribution < 1.29 is 4.39 Å². The number of rotatable bonds is 4. The smallest absolute Gasteiger partial charge is 0.146 e. The Morgan fingerprint density at radius 1 is 1.11 bits per heavy atom. The van der Waals surface area contributed by atoms with Crippen LogP contribution in [0.1, 0.15) is 11.1 Å². The quantitative estimate of drug-likeness (QED) is 0.930. The number of hydrogen-bond acceptors (Lipinski definition) is 2. The topological polar surface area (TPSA) is 29.3 Å². The van der Waals surface area contributed by atoms with E-state index in [-0.39, 0.29) is 5.82 Å². The van der Waals surface area contributed by atoms with Gasteiger partial charge in [0.05, 0.1) is 5.69 Å². The molecule has 2 rings (SSSR count). The summed E-state index contributed by atoms with van der Waals surface area (Å²) >= 11 is 3.36. The minimum Gasteiger partial charge on any atom is -0.368 e. The Balaban J connectivity index is 2.15. The predicted octanol–water partition coefficient (Wildman–Crippen LogP) is 3.68. The summed E-state index contributed by atoms with van der Waals surface area (Å²) in [5, 5.41) is 0. The Labute approximate surface area is 121 Å². The van der Waals surface area contributed by atoms with Crippen molar-refractivity contribution in [1.29, 1.82) is 0 Å². The maximum atomic E-state index is 13.8. The summed E-state index contributed by atoms with van der Waals surface area (Å²) in [4.78, 5) is 1.89. The molecule has 0 amide bonds. The van der Waals surface area contributed by atoms with Crippen LogP contribution in [0.3, 0.4) is 0 Å².